The summed E-state index contributed by atoms with van der Waals surface area (Å²) >= 11 is 9.91. The highest BCUT2D eigenvalue weighted by Gasteiger charge is 2.36. The average molecular weight is 705 g/mol. The molecule has 6 heterocycles. The highest BCUT2D eigenvalue weighted by molar-refractivity contribution is 8.16. The number of hydrogen-bond acceptors (Lipinski definition) is 8. The summed E-state index contributed by atoms with van der Waals surface area (Å²) in [5.74, 6) is 0. The molecule has 0 aliphatic carbocycles. The van der Waals surface area contributed by atoms with Crippen LogP contribution in [0, 0.1) is 27.7 Å². The van der Waals surface area contributed by atoms with Crippen molar-refractivity contribution in [2.45, 2.75) is 37.5 Å². The van der Waals surface area contributed by atoms with E-state index in [0.717, 1.165) is 32.0 Å². The zero-order chi connectivity index (χ0) is 31.4. The number of benzene rings is 3. The van der Waals surface area contributed by atoms with Crippen LogP contribution in [0.2, 0.25) is 0 Å². The van der Waals surface area contributed by atoms with Gasteiger partial charge in [0.25, 0.3) is 0 Å². The van der Waals surface area contributed by atoms with E-state index in [2.05, 4.69) is 69.3 Å². The Kier molecular flexibility index (Phi) is 6.69. The van der Waals surface area contributed by atoms with Gasteiger partial charge in [-0.3, -0.25) is 9.59 Å². The first-order valence-corrected chi connectivity index (χ1v) is 19.7. The molecule has 224 valence electrons. The topological polar surface area (TPSA) is 34.1 Å². The standard InChI is InChI=1S/C38H24O2S6/c1-17-5-8-22-29(13-17)45-37(39)33(22)34-23-9-7-21(14-30(23)46-38(34)40)26-11-12-28(42-26)32-16-25-20(4)35-24(19(3)36(25)44-32)15-31(43-35)27-10-6-18(2)41-27/h5-16H,1-4H3/b34-33+. The van der Waals surface area contributed by atoms with Gasteiger partial charge in [-0.15, -0.1) is 45.3 Å². The number of carbonyl (C=O) groups excluding carboxylic acids is 2. The minimum Gasteiger partial charge on any atom is -0.281 e. The van der Waals surface area contributed by atoms with Crippen molar-refractivity contribution in [3.8, 4) is 29.9 Å². The SMILES string of the molecule is Cc1ccc2c(c1)SC(=O)/C2=C1/C(=O)Sc2cc(-c3ccc(-c4cc5c(C)c6sc(-c7ccc(C)s7)cc6c(C)c5s4)s3)ccc21. The number of fused-ring (bicyclic) bond motifs is 4. The molecule has 4 aromatic heterocycles. The van der Waals surface area contributed by atoms with Crippen LogP contribution in [0.5, 0.6) is 0 Å². The second kappa shape index (κ2) is 10.6. The zero-order valence-corrected chi connectivity index (χ0v) is 30.1. The normalized spacial score (nSPS) is 15.9. The molecule has 0 saturated heterocycles. The maximum atomic E-state index is 13.3. The van der Waals surface area contributed by atoms with E-state index in [1.165, 1.54) is 84.1 Å². The number of hydrogen-bond donors (Lipinski definition) is 0. The van der Waals surface area contributed by atoms with E-state index in [9.17, 15) is 9.59 Å². The van der Waals surface area contributed by atoms with Gasteiger partial charge in [-0.25, -0.2) is 0 Å². The van der Waals surface area contributed by atoms with Gasteiger partial charge in [0, 0.05) is 70.7 Å². The van der Waals surface area contributed by atoms with Crippen LogP contribution in [0.1, 0.15) is 32.7 Å². The summed E-state index contributed by atoms with van der Waals surface area (Å²) in [4.78, 5) is 36.0. The Morgan fingerprint density at radius 3 is 1.63 bits per heavy atom. The molecule has 0 radical (unpaired) electrons. The fourth-order valence-corrected chi connectivity index (χ4v) is 13.0. The van der Waals surface area contributed by atoms with Crippen LogP contribution in [0.25, 0.3) is 61.3 Å². The summed E-state index contributed by atoms with van der Waals surface area (Å²) in [5, 5.41) is 2.62. The van der Waals surface area contributed by atoms with E-state index < -0.39 is 0 Å². The van der Waals surface area contributed by atoms with Gasteiger partial charge in [0.1, 0.15) is 0 Å². The second-order valence-electron chi connectivity index (χ2n) is 11.8. The summed E-state index contributed by atoms with van der Waals surface area (Å²) in [6, 6.07) is 25.9. The first-order valence-electron chi connectivity index (χ1n) is 14.8. The van der Waals surface area contributed by atoms with E-state index in [-0.39, 0.29) is 10.2 Å². The van der Waals surface area contributed by atoms with Crippen LogP contribution in [-0.2, 0) is 9.59 Å². The number of carbonyl (C=O) groups is 2. The molecule has 2 nitrogen and oxygen atoms in total. The summed E-state index contributed by atoms with van der Waals surface area (Å²) in [6.07, 6.45) is 0. The zero-order valence-electron chi connectivity index (χ0n) is 25.2. The van der Waals surface area contributed by atoms with E-state index >= 15 is 0 Å². The van der Waals surface area contributed by atoms with Gasteiger partial charge in [-0.05, 0) is 133 Å². The maximum Gasteiger partial charge on any atom is 0.225 e. The lowest BCUT2D eigenvalue weighted by molar-refractivity contribution is -0.107. The van der Waals surface area contributed by atoms with Crippen LogP contribution in [0.4, 0.5) is 0 Å². The largest absolute Gasteiger partial charge is 0.281 e. The number of rotatable bonds is 3. The van der Waals surface area contributed by atoms with Gasteiger partial charge in [0.15, 0.2) is 0 Å². The average Bonchev–Trinajstić information content (AvgIpc) is 3.87. The Hall–Kier alpha value is -3.24. The summed E-state index contributed by atoms with van der Waals surface area (Å²) < 4.78 is 2.75. The molecule has 2 aliphatic rings. The molecular weight excluding hydrogens is 681 g/mol. The maximum absolute atomic E-state index is 13.3. The van der Waals surface area contributed by atoms with Crippen LogP contribution >= 0.6 is 68.9 Å². The van der Waals surface area contributed by atoms with E-state index in [1.54, 1.807) is 11.3 Å². The molecule has 2 aliphatic heterocycles. The molecule has 0 N–H and O–H groups in total. The van der Waals surface area contributed by atoms with Crippen molar-refractivity contribution in [1.82, 2.24) is 0 Å². The Bertz CT molecular complexity index is 2460. The lowest BCUT2D eigenvalue weighted by Gasteiger charge is -2.06. The molecule has 0 atom stereocenters. The smallest absolute Gasteiger partial charge is 0.225 e. The first-order chi connectivity index (χ1) is 22.2. The highest BCUT2D eigenvalue weighted by Crippen LogP contribution is 2.52. The van der Waals surface area contributed by atoms with Crippen LogP contribution in [0.3, 0.4) is 0 Å². The molecule has 0 unspecified atom stereocenters. The molecule has 46 heavy (non-hydrogen) atoms. The third-order valence-electron chi connectivity index (χ3n) is 8.79. The van der Waals surface area contributed by atoms with Gasteiger partial charge >= 0.3 is 0 Å². The second-order valence-corrected chi connectivity index (χ2v) is 18.3. The molecule has 0 saturated carbocycles. The Morgan fingerprint density at radius 2 is 1.02 bits per heavy atom. The predicted octanol–water partition coefficient (Wildman–Crippen LogP) is 12.6. The monoisotopic (exact) mass is 704 g/mol. The van der Waals surface area contributed by atoms with Gasteiger partial charge in [-0.1, -0.05) is 24.3 Å². The third-order valence-corrected chi connectivity index (χ3v) is 15.7. The molecule has 9 rings (SSSR count). The van der Waals surface area contributed by atoms with Crippen molar-refractivity contribution in [2.75, 3.05) is 0 Å². The Morgan fingerprint density at radius 1 is 0.478 bits per heavy atom. The van der Waals surface area contributed by atoms with Crippen molar-refractivity contribution in [3.05, 3.63) is 105 Å². The van der Waals surface area contributed by atoms with Crippen molar-refractivity contribution in [2.24, 2.45) is 0 Å². The molecule has 0 bridgehead atoms. The van der Waals surface area contributed by atoms with Crippen LogP contribution < -0.4 is 0 Å². The van der Waals surface area contributed by atoms with Gasteiger partial charge in [-0.2, -0.15) is 0 Å². The lowest BCUT2D eigenvalue weighted by atomic mass is 9.95. The van der Waals surface area contributed by atoms with Crippen molar-refractivity contribution in [1.29, 1.82) is 0 Å². The summed E-state index contributed by atoms with van der Waals surface area (Å²) in [6.45, 7) is 8.73. The van der Waals surface area contributed by atoms with E-state index in [0.29, 0.717) is 11.1 Å². The lowest BCUT2D eigenvalue weighted by Crippen LogP contribution is -1.99. The summed E-state index contributed by atoms with van der Waals surface area (Å²) in [5.41, 5.74) is 7.76. The molecule has 0 amide bonds. The minimum atomic E-state index is -0.0510. The van der Waals surface area contributed by atoms with Crippen molar-refractivity contribution in [3.63, 3.8) is 0 Å². The van der Waals surface area contributed by atoms with Gasteiger partial charge in [0.05, 0.1) is 0 Å². The minimum absolute atomic E-state index is 0.0453. The van der Waals surface area contributed by atoms with E-state index in [4.69, 9.17) is 0 Å². The first kappa shape index (κ1) is 28.9. The fourth-order valence-electron chi connectivity index (χ4n) is 6.46. The quantitative estimate of drug-likeness (QED) is 0.172. The fraction of sp³-hybridized carbons (Fsp3) is 0.105. The Labute approximate surface area is 290 Å². The molecule has 3 aromatic carbocycles. The third kappa shape index (κ3) is 4.42. The molecule has 0 spiro atoms. The molecular formula is C38H24O2S6. The van der Waals surface area contributed by atoms with Crippen LogP contribution in [0.15, 0.2) is 82.6 Å². The molecule has 7 aromatic rings. The Balaban J connectivity index is 1.07. The number of aryl methyl sites for hydroxylation is 4. The molecule has 8 heteroatoms. The molecule has 0 fully saturated rings. The summed E-state index contributed by atoms with van der Waals surface area (Å²) in [7, 11) is 0. The highest BCUT2D eigenvalue weighted by atomic mass is 32.2. The number of thiophene rings is 4. The van der Waals surface area contributed by atoms with Crippen LogP contribution in [-0.4, -0.2) is 10.2 Å². The van der Waals surface area contributed by atoms with Gasteiger partial charge < -0.3 is 0 Å². The van der Waals surface area contributed by atoms with Crippen molar-refractivity contribution < 1.29 is 9.59 Å². The van der Waals surface area contributed by atoms with E-state index in [1.807, 2.05) is 65.2 Å². The number of thioether (sulfide) groups is 2. The van der Waals surface area contributed by atoms with Gasteiger partial charge in [0.2, 0.25) is 10.2 Å². The van der Waals surface area contributed by atoms with Crippen molar-refractivity contribution >= 4 is 110 Å². The predicted molar refractivity (Wildman–Crippen MR) is 203 cm³/mol.